The van der Waals surface area contributed by atoms with Gasteiger partial charge in [-0.1, -0.05) is 6.92 Å². The molecule has 3 aliphatic rings. The van der Waals surface area contributed by atoms with Gasteiger partial charge in [0.1, 0.15) is 5.75 Å². The van der Waals surface area contributed by atoms with Crippen molar-refractivity contribution in [2.45, 2.75) is 57.5 Å². The van der Waals surface area contributed by atoms with Crippen molar-refractivity contribution in [3.8, 4) is 5.75 Å². The molecule has 23 heavy (non-hydrogen) atoms. The minimum atomic E-state index is 0.137. The van der Waals surface area contributed by atoms with Crippen LogP contribution < -0.4 is 0 Å². The minimum Gasteiger partial charge on any atom is -0.507 e. The van der Waals surface area contributed by atoms with E-state index in [-0.39, 0.29) is 5.75 Å². The maximum atomic E-state index is 11.2. The van der Waals surface area contributed by atoms with Gasteiger partial charge in [-0.2, -0.15) is 0 Å². The summed E-state index contributed by atoms with van der Waals surface area (Å²) in [5.74, 6) is 2.11. The fourth-order valence-corrected chi connectivity index (χ4v) is 6.06. The summed E-state index contributed by atoms with van der Waals surface area (Å²) in [5, 5.41) is 9.97. The molecule has 0 saturated heterocycles. The number of rotatable bonds is 2. The van der Waals surface area contributed by atoms with E-state index in [4.69, 9.17) is 4.74 Å². The van der Waals surface area contributed by atoms with Gasteiger partial charge in [-0.3, -0.25) is 4.79 Å². The number of fused-ring (bicyclic) bond motifs is 5. The molecule has 2 fully saturated rings. The second kappa shape index (κ2) is 5.34. The predicted molar refractivity (Wildman–Crippen MR) is 88.9 cm³/mol. The van der Waals surface area contributed by atoms with Crippen molar-refractivity contribution in [3.05, 3.63) is 28.8 Å². The van der Waals surface area contributed by atoms with E-state index in [0.29, 0.717) is 28.9 Å². The minimum absolute atomic E-state index is 0.137. The average molecular weight is 314 g/mol. The van der Waals surface area contributed by atoms with Gasteiger partial charge in [0.2, 0.25) is 0 Å². The van der Waals surface area contributed by atoms with E-state index < -0.39 is 0 Å². The monoisotopic (exact) mass is 314 g/mol. The third-order valence-electron chi connectivity index (χ3n) is 7.20. The summed E-state index contributed by atoms with van der Waals surface area (Å²) in [6.07, 6.45) is 8.24. The lowest BCUT2D eigenvalue weighted by molar-refractivity contribution is -0.0444. The zero-order valence-electron chi connectivity index (χ0n) is 14.0. The Labute approximate surface area is 138 Å². The maximum Gasteiger partial charge on any atom is 0.153 e. The van der Waals surface area contributed by atoms with Crippen LogP contribution in [0.15, 0.2) is 12.1 Å². The zero-order chi connectivity index (χ0) is 16.2. The van der Waals surface area contributed by atoms with Crippen LogP contribution in [0.25, 0.3) is 0 Å². The molecule has 1 aromatic rings. The molecular formula is C20H26O3. The highest BCUT2D eigenvalue weighted by molar-refractivity contribution is 5.80. The number of carbonyl (C=O) groups is 1. The fourth-order valence-electron chi connectivity index (χ4n) is 6.06. The molecule has 124 valence electrons. The molecule has 4 rings (SSSR count). The van der Waals surface area contributed by atoms with Crippen molar-refractivity contribution in [1.29, 1.82) is 0 Å². The van der Waals surface area contributed by atoms with Gasteiger partial charge in [0.15, 0.2) is 6.29 Å². The molecule has 0 heterocycles. The molecule has 0 bridgehead atoms. The van der Waals surface area contributed by atoms with Gasteiger partial charge < -0.3 is 9.84 Å². The first-order chi connectivity index (χ1) is 11.1. The number of hydrogen-bond acceptors (Lipinski definition) is 3. The normalized spacial score (nSPS) is 38.5. The van der Waals surface area contributed by atoms with Crippen LogP contribution in [0, 0.1) is 17.3 Å². The fraction of sp³-hybridized carbons (Fsp3) is 0.650. The highest BCUT2D eigenvalue weighted by Gasteiger charge is 2.55. The number of phenols is 1. The van der Waals surface area contributed by atoms with E-state index in [1.165, 1.54) is 43.2 Å². The molecular weight excluding hydrogens is 288 g/mol. The summed E-state index contributed by atoms with van der Waals surface area (Å²) >= 11 is 0. The number of ether oxygens (including phenoxy) is 1. The van der Waals surface area contributed by atoms with Crippen molar-refractivity contribution in [3.63, 3.8) is 0 Å². The van der Waals surface area contributed by atoms with Crippen molar-refractivity contribution < 1.29 is 14.6 Å². The molecule has 0 radical (unpaired) electrons. The Bertz CT molecular complexity index is 638. The first-order valence-corrected chi connectivity index (χ1v) is 8.92. The quantitative estimate of drug-likeness (QED) is 0.837. The molecule has 3 aliphatic carbocycles. The summed E-state index contributed by atoms with van der Waals surface area (Å²) in [7, 11) is 1.86. The number of aryl methyl sites for hydroxylation is 1. The number of carbonyl (C=O) groups excluding carboxylic acids is 1. The summed E-state index contributed by atoms with van der Waals surface area (Å²) < 4.78 is 5.81. The Kier molecular flexibility index (Phi) is 3.53. The summed E-state index contributed by atoms with van der Waals surface area (Å²) in [4.78, 5) is 11.2. The van der Waals surface area contributed by atoms with Crippen LogP contribution in [-0.2, 0) is 11.2 Å². The second-order valence-corrected chi connectivity index (χ2v) is 7.99. The Hall–Kier alpha value is -1.35. The molecule has 3 nitrogen and oxygen atoms in total. The van der Waals surface area contributed by atoms with Crippen molar-refractivity contribution in [2.24, 2.45) is 17.3 Å². The maximum absolute atomic E-state index is 11.2. The van der Waals surface area contributed by atoms with E-state index in [1.54, 1.807) is 0 Å². The van der Waals surface area contributed by atoms with Crippen LogP contribution in [0.4, 0.5) is 0 Å². The second-order valence-electron chi connectivity index (χ2n) is 7.99. The Morgan fingerprint density at radius 2 is 2.09 bits per heavy atom. The van der Waals surface area contributed by atoms with Crippen LogP contribution >= 0.6 is 0 Å². The van der Waals surface area contributed by atoms with Gasteiger partial charge in [0, 0.05) is 7.11 Å². The number of phenolic OH excluding ortho intramolecular Hbond substituents is 1. The summed E-state index contributed by atoms with van der Waals surface area (Å²) in [5.41, 5.74) is 3.33. The average Bonchev–Trinajstić information content (AvgIpc) is 2.90. The van der Waals surface area contributed by atoms with Crippen molar-refractivity contribution >= 4 is 6.29 Å². The van der Waals surface area contributed by atoms with E-state index >= 15 is 0 Å². The molecule has 1 N–H and O–H groups in total. The lowest BCUT2D eigenvalue weighted by atomic mass is 9.55. The molecule has 0 spiro atoms. The van der Waals surface area contributed by atoms with Crippen LogP contribution in [0.1, 0.15) is 66.4 Å². The van der Waals surface area contributed by atoms with E-state index in [1.807, 2.05) is 19.2 Å². The van der Waals surface area contributed by atoms with Crippen LogP contribution in [0.2, 0.25) is 0 Å². The largest absolute Gasteiger partial charge is 0.507 e. The summed E-state index contributed by atoms with van der Waals surface area (Å²) in [6, 6.07) is 3.79. The SMILES string of the molecule is CO[C@H]1CC[C@H]2[C@@H]3CCc4cc(O)c(C=O)cc4[C@H]3CC[C@]12C. The third-order valence-corrected chi connectivity index (χ3v) is 7.20. The first kappa shape index (κ1) is 15.2. The molecule has 1 aromatic carbocycles. The molecule has 0 aromatic heterocycles. The van der Waals surface area contributed by atoms with Gasteiger partial charge in [-0.25, -0.2) is 0 Å². The highest BCUT2D eigenvalue weighted by Crippen LogP contribution is 2.61. The molecule has 3 heteroatoms. The standard InChI is InChI=1S/C20H26O3/c1-20-8-7-14-15(17(20)5-6-19(20)23-2)4-3-12-10-18(22)13(11-21)9-16(12)14/h9-11,14-15,17,19,22H,3-8H2,1-2H3/t14-,15+,17-,19-,20-/m0/s1. The number of methoxy groups -OCH3 is 1. The Morgan fingerprint density at radius 1 is 1.26 bits per heavy atom. The molecule has 0 aliphatic heterocycles. The van der Waals surface area contributed by atoms with E-state index in [0.717, 1.165) is 18.6 Å². The Morgan fingerprint density at radius 3 is 2.83 bits per heavy atom. The van der Waals surface area contributed by atoms with Crippen LogP contribution in [0.3, 0.4) is 0 Å². The lowest BCUT2D eigenvalue weighted by Gasteiger charge is -2.50. The smallest absolute Gasteiger partial charge is 0.153 e. The van der Waals surface area contributed by atoms with Gasteiger partial charge in [0.05, 0.1) is 11.7 Å². The molecule has 2 saturated carbocycles. The number of aldehydes is 1. The van der Waals surface area contributed by atoms with Gasteiger partial charge >= 0.3 is 0 Å². The van der Waals surface area contributed by atoms with Crippen molar-refractivity contribution in [2.75, 3.05) is 7.11 Å². The van der Waals surface area contributed by atoms with E-state index in [2.05, 4.69) is 6.92 Å². The highest BCUT2D eigenvalue weighted by atomic mass is 16.5. The predicted octanol–water partition coefficient (Wildman–Crippen LogP) is 4.08. The number of aromatic hydroxyl groups is 1. The van der Waals surface area contributed by atoms with Gasteiger partial charge in [-0.15, -0.1) is 0 Å². The van der Waals surface area contributed by atoms with Gasteiger partial charge in [-0.05, 0) is 85.0 Å². The summed E-state index contributed by atoms with van der Waals surface area (Å²) in [6.45, 7) is 2.43. The van der Waals surface area contributed by atoms with E-state index in [9.17, 15) is 9.90 Å². The lowest BCUT2D eigenvalue weighted by Crippen LogP contribution is -2.44. The van der Waals surface area contributed by atoms with Gasteiger partial charge in [0.25, 0.3) is 0 Å². The number of benzene rings is 1. The third kappa shape index (κ3) is 2.09. The van der Waals surface area contributed by atoms with Crippen LogP contribution in [-0.4, -0.2) is 24.6 Å². The van der Waals surface area contributed by atoms with Crippen LogP contribution in [0.5, 0.6) is 5.75 Å². The molecule has 5 atom stereocenters. The molecule has 0 unspecified atom stereocenters. The first-order valence-electron chi connectivity index (χ1n) is 8.92. The molecule has 0 amide bonds. The Balaban J connectivity index is 1.71. The van der Waals surface area contributed by atoms with Crippen molar-refractivity contribution in [1.82, 2.24) is 0 Å². The topological polar surface area (TPSA) is 46.5 Å². The number of hydrogen-bond donors (Lipinski definition) is 1. The zero-order valence-corrected chi connectivity index (χ0v) is 14.0.